The van der Waals surface area contributed by atoms with Gasteiger partial charge in [0, 0.05) is 12.1 Å². The van der Waals surface area contributed by atoms with Crippen molar-refractivity contribution in [2.45, 2.75) is 13.8 Å². The molecule has 2 rings (SSSR count). The average molecular weight is 322 g/mol. The normalized spacial score (nSPS) is 10.1. The summed E-state index contributed by atoms with van der Waals surface area (Å²) in [7, 11) is -0.243. The number of hydrogen-bond acceptors (Lipinski definition) is 4. The van der Waals surface area contributed by atoms with Crippen LogP contribution in [0.3, 0.4) is 0 Å². The zero-order valence-corrected chi connectivity index (χ0v) is 13.0. The van der Waals surface area contributed by atoms with E-state index in [1.807, 2.05) is 13.8 Å². The molecule has 0 fully saturated rings. The van der Waals surface area contributed by atoms with E-state index in [0.29, 0.717) is 24.7 Å². The lowest BCUT2D eigenvalue weighted by molar-refractivity contribution is 0.316. The summed E-state index contributed by atoms with van der Waals surface area (Å²) in [4.78, 5) is 0. The monoisotopic (exact) mass is 322 g/mol. The van der Waals surface area contributed by atoms with E-state index in [1.165, 1.54) is 36.4 Å². The largest absolute Gasteiger partial charge is 0.576 e. The van der Waals surface area contributed by atoms with E-state index >= 15 is 0 Å². The third-order valence-electron chi connectivity index (χ3n) is 2.84. The maximum absolute atomic E-state index is 13.3. The first-order chi connectivity index (χ1) is 11.1. The lowest BCUT2D eigenvalue weighted by Gasteiger charge is -2.14. The molecule has 4 nitrogen and oxygen atoms in total. The summed E-state index contributed by atoms with van der Waals surface area (Å²) in [5.74, 6) is 0.319. The molecule has 0 spiro atoms. The molecule has 0 aliphatic rings. The molecule has 0 amide bonds. The van der Waals surface area contributed by atoms with Gasteiger partial charge in [-0.15, -0.1) is 0 Å². The summed E-state index contributed by atoms with van der Waals surface area (Å²) in [6.45, 7) is 4.46. The van der Waals surface area contributed by atoms with Crippen LogP contribution in [0, 0.1) is 11.6 Å². The van der Waals surface area contributed by atoms with Gasteiger partial charge in [0.25, 0.3) is 0 Å². The second-order valence-electron chi connectivity index (χ2n) is 4.45. The highest BCUT2D eigenvalue weighted by Gasteiger charge is 2.11. The summed E-state index contributed by atoms with van der Waals surface area (Å²) in [6.07, 6.45) is 0. The zero-order chi connectivity index (χ0) is 16.7. The van der Waals surface area contributed by atoms with Crippen LogP contribution in [0.25, 0.3) is 0 Å². The minimum atomic E-state index is -0.454. The Bertz CT molecular complexity index is 596. The van der Waals surface area contributed by atoms with E-state index in [0.717, 1.165) is 0 Å². The first-order valence-electron chi connectivity index (χ1n) is 7.24. The molecule has 122 valence electrons. The van der Waals surface area contributed by atoms with Gasteiger partial charge in [0.2, 0.25) is 0 Å². The first-order valence-corrected chi connectivity index (χ1v) is 7.24. The smallest absolute Gasteiger partial charge is 0.526 e. The van der Waals surface area contributed by atoms with Crippen LogP contribution in [-0.4, -0.2) is 20.9 Å². The van der Waals surface area contributed by atoms with Crippen LogP contribution in [0.5, 0.6) is 23.0 Å². The van der Waals surface area contributed by atoms with Gasteiger partial charge in [-0.1, -0.05) is 0 Å². The van der Waals surface area contributed by atoms with E-state index in [1.54, 1.807) is 0 Å². The van der Waals surface area contributed by atoms with Crippen molar-refractivity contribution in [3.05, 3.63) is 48.0 Å². The SMILES string of the molecule is CCOc1ccc(F)cc1OBOc1cc(F)ccc1OCC. The van der Waals surface area contributed by atoms with Crippen LogP contribution < -0.4 is 18.8 Å². The number of halogens is 2. The molecule has 0 saturated heterocycles. The number of ether oxygens (including phenoxy) is 2. The van der Waals surface area contributed by atoms with Crippen molar-refractivity contribution in [2.75, 3.05) is 13.2 Å². The van der Waals surface area contributed by atoms with E-state index in [4.69, 9.17) is 18.8 Å². The fourth-order valence-electron chi connectivity index (χ4n) is 1.90. The molecule has 0 atom stereocenters. The molecule has 0 bridgehead atoms. The molecule has 0 aliphatic carbocycles. The Morgan fingerprint density at radius 1 is 0.739 bits per heavy atom. The van der Waals surface area contributed by atoms with Crippen LogP contribution in [0.15, 0.2) is 36.4 Å². The Balaban J connectivity index is 2.05. The fraction of sp³-hybridized carbons (Fsp3) is 0.250. The van der Waals surface area contributed by atoms with Crippen molar-refractivity contribution in [3.63, 3.8) is 0 Å². The van der Waals surface area contributed by atoms with Crippen LogP contribution in [-0.2, 0) is 0 Å². The summed E-state index contributed by atoms with van der Waals surface area (Å²) in [6, 6.07) is 7.90. The van der Waals surface area contributed by atoms with Crippen molar-refractivity contribution in [1.82, 2.24) is 0 Å². The standard InChI is InChI=1S/C16H17BF2O4/c1-3-20-13-7-5-11(18)9-15(13)22-17-23-16-10-12(19)6-8-14(16)21-4-2/h5-10,17H,3-4H2,1-2H3. The van der Waals surface area contributed by atoms with Crippen LogP contribution in [0.1, 0.15) is 13.8 Å². The molecule has 2 aromatic rings. The topological polar surface area (TPSA) is 36.9 Å². The van der Waals surface area contributed by atoms with Gasteiger partial charge in [-0.3, -0.25) is 0 Å². The maximum Gasteiger partial charge on any atom is 0.576 e. The zero-order valence-electron chi connectivity index (χ0n) is 13.0. The number of rotatable bonds is 8. The van der Waals surface area contributed by atoms with E-state index in [2.05, 4.69) is 0 Å². The number of benzene rings is 2. The fourth-order valence-corrected chi connectivity index (χ4v) is 1.90. The van der Waals surface area contributed by atoms with Gasteiger partial charge in [0.05, 0.1) is 13.2 Å². The third-order valence-corrected chi connectivity index (χ3v) is 2.84. The van der Waals surface area contributed by atoms with Crippen LogP contribution in [0.4, 0.5) is 8.78 Å². The maximum atomic E-state index is 13.3. The van der Waals surface area contributed by atoms with Crippen molar-refractivity contribution >= 4 is 7.69 Å². The first kappa shape index (κ1) is 16.9. The molecule has 0 unspecified atom stereocenters. The van der Waals surface area contributed by atoms with Crippen molar-refractivity contribution in [2.24, 2.45) is 0 Å². The third kappa shape index (κ3) is 4.77. The highest BCUT2D eigenvalue weighted by molar-refractivity contribution is 6.21. The molecule has 7 heteroatoms. The molecule has 0 heterocycles. The average Bonchev–Trinajstić information content (AvgIpc) is 2.53. The second-order valence-corrected chi connectivity index (χ2v) is 4.45. The van der Waals surface area contributed by atoms with Crippen LogP contribution >= 0.6 is 0 Å². The molecule has 2 aromatic carbocycles. The lowest BCUT2D eigenvalue weighted by Crippen LogP contribution is -2.13. The molecular formula is C16H17BF2O4. The number of hydrogen-bond donors (Lipinski definition) is 0. The van der Waals surface area contributed by atoms with Gasteiger partial charge in [0.1, 0.15) is 23.1 Å². The summed E-state index contributed by atoms with van der Waals surface area (Å²) in [5, 5.41) is 0. The summed E-state index contributed by atoms with van der Waals surface area (Å²) < 4.78 is 48.1. The van der Waals surface area contributed by atoms with Gasteiger partial charge in [-0.05, 0) is 38.1 Å². The van der Waals surface area contributed by atoms with Gasteiger partial charge in [-0.2, -0.15) is 0 Å². The Morgan fingerprint density at radius 3 is 1.57 bits per heavy atom. The Morgan fingerprint density at radius 2 is 1.17 bits per heavy atom. The Hall–Kier alpha value is -2.44. The molecule has 23 heavy (non-hydrogen) atoms. The van der Waals surface area contributed by atoms with E-state index in [9.17, 15) is 8.78 Å². The highest BCUT2D eigenvalue weighted by Crippen LogP contribution is 2.30. The van der Waals surface area contributed by atoms with E-state index in [-0.39, 0.29) is 19.2 Å². The highest BCUT2D eigenvalue weighted by atomic mass is 19.1. The summed E-state index contributed by atoms with van der Waals surface area (Å²) >= 11 is 0. The second kappa shape index (κ2) is 8.26. The Labute approximate surface area is 134 Å². The lowest BCUT2D eigenvalue weighted by atomic mass is 10.2. The predicted octanol–water partition coefficient (Wildman–Crippen LogP) is 3.49. The molecule has 0 aromatic heterocycles. The van der Waals surface area contributed by atoms with Gasteiger partial charge < -0.3 is 18.8 Å². The van der Waals surface area contributed by atoms with Crippen molar-refractivity contribution in [1.29, 1.82) is 0 Å². The predicted molar refractivity (Wildman–Crippen MR) is 83.5 cm³/mol. The molecular weight excluding hydrogens is 305 g/mol. The Kier molecular flexibility index (Phi) is 6.08. The minimum Gasteiger partial charge on any atom is -0.526 e. The van der Waals surface area contributed by atoms with Gasteiger partial charge in [0.15, 0.2) is 11.5 Å². The molecule has 0 radical (unpaired) electrons. The molecule has 0 aliphatic heterocycles. The van der Waals surface area contributed by atoms with Gasteiger partial charge in [-0.25, -0.2) is 8.78 Å². The van der Waals surface area contributed by atoms with Crippen LogP contribution in [0.2, 0.25) is 0 Å². The van der Waals surface area contributed by atoms with Gasteiger partial charge >= 0.3 is 7.69 Å². The molecule has 0 N–H and O–H groups in total. The molecule has 0 saturated carbocycles. The minimum absolute atomic E-state index is 0.209. The van der Waals surface area contributed by atoms with Crippen molar-refractivity contribution in [3.8, 4) is 23.0 Å². The van der Waals surface area contributed by atoms with Crippen molar-refractivity contribution < 1.29 is 27.6 Å². The summed E-state index contributed by atoms with van der Waals surface area (Å²) in [5.41, 5.74) is 0. The van der Waals surface area contributed by atoms with E-state index < -0.39 is 11.6 Å². The quantitative estimate of drug-likeness (QED) is 0.697.